The Morgan fingerprint density at radius 2 is 1.56 bits per heavy atom. The standard InChI is InChI=1S/C26H49N9O6/c1-15(2)14-17(28)22(37)33-18(9-6-12-31-26(29)30)23(38)32-16(3)21(36)34-19(8-4-5-11-27)24(39)35-13-7-10-20(35)25(40)41/h15-20H,4-14,27-28H2,1-3H3,(H,32,38)(H,33,37)(H,34,36)(H,40,41)(H4,29,30,31)/t16-,17+,18-,19+,20+/m0/s1. The van der Waals surface area contributed by atoms with Crippen molar-refractivity contribution in [3.63, 3.8) is 0 Å². The summed E-state index contributed by atoms with van der Waals surface area (Å²) in [5.41, 5.74) is 22.3. The van der Waals surface area contributed by atoms with Crippen molar-refractivity contribution in [1.29, 1.82) is 0 Å². The van der Waals surface area contributed by atoms with Crippen molar-refractivity contribution < 1.29 is 29.1 Å². The molecule has 0 aromatic rings. The summed E-state index contributed by atoms with van der Waals surface area (Å²) in [4.78, 5) is 68.9. The van der Waals surface area contributed by atoms with Crippen LogP contribution >= 0.6 is 0 Å². The van der Waals surface area contributed by atoms with Gasteiger partial charge in [-0.05, 0) is 70.8 Å². The van der Waals surface area contributed by atoms with Gasteiger partial charge in [0, 0.05) is 13.1 Å². The highest BCUT2D eigenvalue weighted by Gasteiger charge is 2.38. The van der Waals surface area contributed by atoms with Crippen molar-refractivity contribution in [2.45, 2.75) is 102 Å². The Balaban J connectivity index is 2.94. The monoisotopic (exact) mass is 583 g/mol. The van der Waals surface area contributed by atoms with E-state index in [2.05, 4.69) is 20.9 Å². The molecule has 1 fully saturated rings. The van der Waals surface area contributed by atoms with E-state index in [-0.39, 0.29) is 37.8 Å². The molecule has 41 heavy (non-hydrogen) atoms. The molecule has 1 saturated heterocycles. The number of carboxylic acid groups (broad SMARTS) is 1. The smallest absolute Gasteiger partial charge is 0.326 e. The van der Waals surface area contributed by atoms with Crippen LogP contribution in [0.4, 0.5) is 0 Å². The molecule has 0 aromatic heterocycles. The first-order valence-corrected chi connectivity index (χ1v) is 14.2. The lowest BCUT2D eigenvalue weighted by Gasteiger charge is -2.28. The lowest BCUT2D eigenvalue weighted by Crippen LogP contribution is -2.57. The van der Waals surface area contributed by atoms with Crippen LogP contribution in [-0.2, 0) is 24.0 Å². The molecule has 1 aliphatic heterocycles. The van der Waals surface area contributed by atoms with Gasteiger partial charge in [0.25, 0.3) is 0 Å². The molecule has 15 heteroatoms. The Morgan fingerprint density at radius 1 is 0.927 bits per heavy atom. The molecular formula is C26H49N9O6. The van der Waals surface area contributed by atoms with Gasteiger partial charge < -0.3 is 48.9 Å². The maximum absolute atomic E-state index is 13.2. The second-order valence-corrected chi connectivity index (χ2v) is 10.8. The number of unbranched alkanes of at least 4 members (excludes halogenated alkanes) is 1. The minimum absolute atomic E-state index is 0.0987. The Labute approximate surface area is 241 Å². The minimum atomic E-state index is -1.09. The fourth-order valence-corrected chi connectivity index (χ4v) is 4.58. The van der Waals surface area contributed by atoms with Gasteiger partial charge in [-0.3, -0.25) is 24.2 Å². The molecular weight excluding hydrogens is 534 g/mol. The Hall–Kier alpha value is -3.46. The van der Waals surface area contributed by atoms with Gasteiger partial charge in [0.05, 0.1) is 6.04 Å². The normalized spacial score (nSPS) is 17.7. The number of amides is 4. The van der Waals surface area contributed by atoms with Gasteiger partial charge in [-0.1, -0.05) is 13.8 Å². The highest BCUT2D eigenvalue weighted by Crippen LogP contribution is 2.20. The third kappa shape index (κ3) is 12.7. The fourth-order valence-electron chi connectivity index (χ4n) is 4.58. The quantitative estimate of drug-likeness (QED) is 0.0504. The van der Waals surface area contributed by atoms with Crippen molar-refractivity contribution in [3.8, 4) is 0 Å². The maximum atomic E-state index is 13.2. The summed E-state index contributed by atoms with van der Waals surface area (Å²) in [7, 11) is 0. The molecule has 0 aliphatic carbocycles. The third-order valence-corrected chi connectivity index (χ3v) is 6.77. The van der Waals surface area contributed by atoms with Crippen LogP contribution in [-0.4, -0.2) is 95.4 Å². The number of carboxylic acids is 1. The summed E-state index contributed by atoms with van der Waals surface area (Å²) >= 11 is 0. The number of hydrogen-bond acceptors (Lipinski definition) is 8. The molecule has 234 valence electrons. The van der Waals surface area contributed by atoms with Crippen molar-refractivity contribution in [1.82, 2.24) is 20.9 Å². The van der Waals surface area contributed by atoms with E-state index in [1.165, 1.54) is 11.8 Å². The predicted octanol–water partition coefficient (Wildman–Crippen LogP) is -1.91. The molecule has 0 unspecified atom stereocenters. The van der Waals surface area contributed by atoms with Crippen LogP contribution in [0, 0.1) is 5.92 Å². The number of aliphatic imine (C=N–C) groups is 1. The van der Waals surface area contributed by atoms with E-state index in [1.54, 1.807) is 0 Å². The van der Waals surface area contributed by atoms with Crippen molar-refractivity contribution in [2.75, 3.05) is 19.6 Å². The van der Waals surface area contributed by atoms with E-state index in [0.717, 1.165) is 0 Å². The number of hydrogen-bond donors (Lipinski definition) is 8. The second kappa shape index (κ2) is 18.1. The first-order chi connectivity index (χ1) is 19.3. The van der Waals surface area contributed by atoms with Gasteiger partial charge in [0.2, 0.25) is 23.6 Å². The SMILES string of the molecule is CC(C)C[C@@H](N)C(=O)N[C@@H](CCCN=C(N)N)C(=O)N[C@@H](C)C(=O)N[C@H](CCCCN)C(=O)N1CCC[C@@H]1C(=O)O. The molecule has 0 spiro atoms. The Morgan fingerprint density at radius 3 is 2.15 bits per heavy atom. The van der Waals surface area contributed by atoms with Gasteiger partial charge in [0.1, 0.15) is 24.2 Å². The van der Waals surface area contributed by atoms with Gasteiger partial charge in [-0.25, -0.2) is 4.79 Å². The van der Waals surface area contributed by atoms with Gasteiger partial charge >= 0.3 is 5.97 Å². The Kier molecular flexibility index (Phi) is 15.7. The van der Waals surface area contributed by atoms with E-state index in [1.807, 2.05) is 13.8 Å². The molecule has 0 bridgehead atoms. The van der Waals surface area contributed by atoms with Crippen molar-refractivity contribution in [3.05, 3.63) is 0 Å². The summed E-state index contributed by atoms with van der Waals surface area (Å²) in [6.45, 7) is 6.22. The van der Waals surface area contributed by atoms with Crippen LogP contribution in [0.2, 0.25) is 0 Å². The molecule has 15 nitrogen and oxygen atoms in total. The highest BCUT2D eigenvalue weighted by atomic mass is 16.4. The van der Waals surface area contributed by atoms with Crippen LogP contribution in [0.15, 0.2) is 4.99 Å². The van der Waals surface area contributed by atoms with E-state index < -0.39 is 59.8 Å². The third-order valence-electron chi connectivity index (χ3n) is 6.77. The fraction of sp³-hybridized carbons (Fsp3) is 0.769. The number of likely N-dealkylation sites (tertiary alicyclic amines) is 1. The van der Waals surface area contributed by atoms with Crippen molar-refractivity contribution in [2.24, 2.45) is 33.8 Å². The van der Waals surface area contributed by atoms with Crippen LogP contribution in [0.1, 0.15) is 72.1 Å². The molecule has 0 radical (unpaired) electrons. The number of guanidine groups is 1. The number of nitrogens with two attached hydrogens (primary N) is 4. The Bertz CT molecular complexity index is 925. The van der Waals surface area contributed by atoms with Crippen molar-refractivity contribution >= 4 is 35.6 Å². The molecule has 1 aliphatic rings. The predicted molar refractivity (Wildman–Crippen MR) is 154 cm³/mol. The van der Waals surface area contributed by atoms with E-state index in [9.17, 15) is 29.1 Å². The summed E-state index contributed by atoms with van der Waals surface area (Å²) in [6.07, 6.45) is 3.30. The van der Waals surface area contributed by atoms with Gasteiger partial charge in [-0.2, -0.15) is 0 Å². The lowest BCUT2D eigenvalue weighted by molar-refractivity contribution is -0.149. The molecule has 0 saturated carbocycles. The van der Waals surface area contributed by atoms with E-state index in [4.69, 9.17) is 22.9 Å². The highest BCUT2D eigenvalue weighted by molar-refractivity contribution is 5.95. The first-order valence-electron chi connectivity index (χ1n) is 14.2. The van der Waals surface area contributed by atoms with Crippen LogP contribution < -0.4 is 38.9 Å². The zero-order valence-electron chi connectivity index (χ0n) is 24.4. The zero-order valence-corrected chi connectivity index (χ0v) is 24.4. The minimum Gasteiger partial charge on any atom is -0.480 e. The number of carbonyl (C=O) groups excluding carboxylic acids is 4. The van der Waals surface area contributed by atoms with Crippen LogP contribution in [0.5, 0.6) is 0 Å². The maximum Gasteiger partial charge on any atom is 0.326 e. The molecule has 12 N–H and O–H groups in total. The number of nitrogens with zero attached hydrogens (tertiary/aromatic N) is 2. The largest absolute Gasteiger partial charge is 0.480 e. The summed E-state index contributed by atoms with van der Waals surface area (Å²) in [5.74, 6) is -3.25. The summed E-state index contributed by atoms with van der Waals surface area (Å²) in [6, 6.07) is -4.81. The van der Waals surface area contributed by atoms with E-state index in [0.29, 0.717) is 45.1 Å². The number of rotatable bonds is 18. The zero-order chi connectivity index (χ0) is 31.1. The van der Waals surface area contributed by atoms with Gasteiger partial charge in [-0.15, -0.1) is 0 Å². The average Bonchev–Trinajstić information content (AvgIpc) is 3.39. The summed E-state index contributed by atoms with van der Waals surface area (Å²) in [5, 5.41) is 17.4. The molecule has 5 atom stereocenters. The van der Waals surface area contributed by atoms with Crippen LogP contribution in [0.3, 0.4) is 0 Å². The number of nitrogens with one attached hydrogen (secondary N) is 3. The molecule has 4 amide bonds. The number of carbonyl (C=O) groups is 5. The number of aliphatic carboxylic acids is 1. The van der Waals surface area contributed by atoms with Gasteiger partial charge in [0.15, 0.2) is 5.96 Å². The van der Waals surface area contributed by atoms with E-state index >= 15 is 0 Å². The lowest BCUT2D eigenvalue weighted by atomic mass is 10.0. The first kappa shape index (κ1) is 35.6. The second-order valence-electron chi connectivity index (χ2n) is 10.8. The van der Waals surface area contributed by atoms with Crippen LogP contribution in [0.25, 0.3) is 0 Å². The topological polar surface area (TPSA) is 261 Å². The molecule has 1 heterocycles. The average molecular weight is 584 g/mol. The molecule has 1 rings (SSSR count). The summed E-state index contributed by atoms with van der Waals surface area (Å²) < 4.78 is 0. The molecule has 0 aromatic carbocycles.